The van der Waals surface area contributed by atoms with Crippen LogP contribution in [0.1, 0.15) is 39.5 Å². The Hall–Kier alpha value is 0. The first-order valence-electron chi connectivity index (χ1n) is 6.28. The number of hydrogen-bond acceptors (Lipinski definition) is 0. The lowest BCUT2D eigenvalue weighted by molar-refractivity contribution is -0.218. The topological polar surface area (TPSA) is 0 Å². The average molecular weight is 176 g/mol. The van der Waals surface area contributed by atoms with Gasteiger partial charge in [-0.15, -0.1) is 0 Å². The van der Waals surface area contributed by atoms with Gasteiger partial charge in [0.25, 0.3) is 0 Å². The number of rotatable bonds is 0. The molecule has 0 bridgehead atoms. The van der Waals surface area contributed by atoms with Crippen molar-refractivity contribution in [1.82, 2.24) is 0 Å². The van der Waals surface area contributed by atoms with Crippen molar-refractivity contribution in [3.05, 3.63) is 0 Å². The first-order chi connectivity index (χ1) is 6.28. The van der Waals surface area contributed by atoms with E-state index in [0.717, 1.165) is 17.3 Å². The van der Waals surface area contributed by atoms with Crippen LogP contribution in [0, 0.1) is 40.9 Å². The third-order valence-corrected chi connectivity index (χ3v) is 6.68. The van der Waals surface area contributed by atoms with Crippen molar-refractivity contribution in [3.63, 3.8) is 0 Å². The predicted octanol–water partition coefficient (Wildman–Crippen LogP) is 3.32. The second kappa shape index (κ2) is 1.85. The fourth-order valence-corrected chi connectivity index (χ4v) is 6.56. The summed E-state index contributed by atoms with van der Waals surface area (Å²) in [4.78, 5) is 0. The predicted molar refractivity (Wildman–Crippen MR) is 53.2 cm³/mol. The van der Waals surface area contributed by atoms with Crippen LogP contribution < -0.4 is 0 Å². The van der Waals surface area contributed by atoms with Crippen molar-refractivity contribution >= 4 is 0 Å². The van der Waals surface area contributed by atoms with Gasteiger partial charge in [-0.3, -0.25) is 0 Å². The molecule has 0 aromatic carbocycles. The molecule has 0 aromatic heterocycles. The van der Waals surface area contributed by atoms with Gasteiger partial charge in [-0.25, -0.2) is 0 Å². The van der Waals surface area contributed by atoms with Crippen LogP contribution in [0.15, 0.2) is 0 Å². The lowest BCUT2D eigenvalue weighted by atomic mass is 9.36. The van der Waals surface area contributed by atoms with Gasteiger partial charge in [0.2, 0.25) is 0 Å². The van der Waals surface area contributed by atoms with Crippen LogP contribution >= 0.6 is 0 Å². The van der Waals surface area contributed by atoms with Crippen molar-refractivity contribution in [1.29, 1.82) is 0 Å². The molecule has 1 spiro atoms. The summed E-state index contributed by atoms with van der Waals surface area (Å²) >= 11 is 0. The van der Waals surface area contributed by atoms with Crippen LogP contribution in [0.3, 0.4) is 0 Å². The lowest BCUT2D eigenvalue weighted by Gasteiger charge is -2.69. The van der Waals surface area contributed by atoms with Gasteiger partial charge in [-0.05, 0) is 66.6 Å². The highest BCUT2D eigenvalue weighted by molar-refractivity contribution is 5.25. The van der Waals surface area contributed by atoms with E-state index in [2.05, 4.69) is 13.8 Å². The van der Waals surface area contributed by atoms with E-state index >= 15 is 0 Å². The number of hydrogen-bond donors (Lipinski definition) is 0. The van der Waals surface area contributed by atoms with Crippen molar-refractivity contribution < 1.29 is 0 Å². The second-order valence-electron chi connectivity index (χ2n) is 6.30. The molecule has 4 aliphatic carbocycles. The SMILES string of the molecule is CC1C2CCC3C(C)C4CCC1C234. The zero-order valence-corrected chi connectivity index (χ0v) is 8.79. The third-order valence-electron chi connectivity index (χ3n) is 6.68. The summed E-state index contributed by atoms with van der Waals surface area (Å²) in [7, 11) is 0. The summed E-state index contributed by atoms with van der Waals surface area (Å²) in [5, 5.41) is 0. The molecule has 0 N–H and O–H groups in total. The Morgan fingerprint density at radius 3 is 1.31 bits per heavy atom. The maximum atomic E-state index is 2.54. The van der Waals surface area contributed by atoms with E-state index in [9.17, 15) is 0 Å². The Balaban J connectivity index is 1.82. The molecule has 4 saturated carbocycles. The quantitative estimate of drug-likeness (QED) is 0.531. The van der Waals surface area contributed by atoms with E-state index in [1.165, 1.54) is 23.7 Å². The molecule has 0 aromatic rings. The Labute approximate surface area is 81.1 Å². The van der Waals surface area contributed by atoms with Crippen LogP contribution in [0.2, 0.25) is 0 Å². The van der Waals surface area contributed by atoms with Gasteiger partial charge in [0.1, 0.15) is 0 Å². The highest BCUT2D eigenvalue weighted by atomic mass is 14.8. The average Bonchev–Trinajstić information content (AvgIpc) is 2.62. The van der Waals surface area contributed by atoms with E-state index in [-0.39, 0.29) is 0 Å². The molecule has 13 heavy (non-hydrogen) atoms. The van der Waals surface area contributed by atoms with Gasteiger partial charge >= 0.3 is 0 Å². The molecule has 0 saturated heterocycles. The minimum Gasteiger partial charge on any atom is -0.0619 e. The Kier molecular flexibility index (Phi) is 1.04. The first kappa shape index (κ1) is 7.31. The molecule has 0 heteroatoms. The molecule has 0 nitrogen and oxygen atoms in total. The maximum Gasteiger partial charge on any atom is -0.0174 e. The Bertz CT molecular complexity index is 212. The molecule has 4 fully saturated rings. The highest BCUT2D eigenvalue weighted by Gasteiger charge is 2.78. The molecule has 0 radical (unpaired) electrons. The summed E-state index contributed by atoms with van der Waals surface area (Å²) in [5.41, 5.74) is 0.943. The summed E-state index contributed by atoms with van der Waals surface area (Å²) in [6.07, 6.45) is 6.35. The van der Waals surface area contributed by atoms with Crippen LogP contribution in [-0.2, 0) is 0 Å². The summed E-state index contributed by atoms with van der Waals surface area (Å²) in [6.45, 7) is 5.07. The molecule has 4 unspecified atom stereocenters. The molecule has 0 heterocycles. The molecule has 72 valence electrons. The minimum atomic E-state index is 0.943. The fourth-order valence-electron chi connectivity index (χ4n) is 6.56. The van der Waals surface area contributed by atoms with E-state index < -0.39 is 0 Å². The maximum absolute atomic E-state index is 2.54. The summed E-state index contributed by atoms with van der Waals surface area (Å²) < 4.78 is 0. The standard InChI is InChI=1S/C13H20/c1-7-9-3-5-11-8(2)12-6-4-10(7)13(9,11)12/h7-12H,3-6H2,1-2H3. The van der Waals surface area contributed by atoms with Crippen molar-refractivity contribution in [2.45, 2.75) is 39.5 Å². The normalized spacial score (nSPS) is 72.5. The van der Waals surface area contributed by atoms with Gasteiger partial charge in [0.05, 0.1) is 0 Å². The van der Waals surface area contributed by atoms with E-state index in [0.29, 0.717) is 0 Å². The molecule has 4 rings (SSSR count). The molecule has 4 atom stereocenters. The van der Waals surface area contributed by atoms with E-state index in [1.54, 1.807) is 25.7 Å². The van der Waals surface area contributed by atoms with Gasteiger partial charge in [0, 0.05) is 0 Å². The molecule has 0 amide bonds. The largest absolute Gasteiger partial charge is 0.0619 e. The lowest BCUT2D eigenvalue weighted by Crippen LogP contribution is -2.65. The summed E-state index contributed by atoms with van der Waals surface area (Å²) in [6, 6.07) is 0. The molecule has 4 aliphatic rings. The van der Waals surface area contributed by atoms with Gasteiger partial charge in [-0.2, -0.15) is 0 Å². The van der Waals surface area contributed by atoms with Crippen LogP contribution in [-0.4, -0.2) is 0 Å². The van der Waals surface area contributed by atoms with Crippen molar-refractivity contribution in [2.75, 3.05) is 0 Å². The molecule has 0 aliphatic heterocycles. The highest BCUT2D eigenvalue weighted by Crippen LogP contribution is 2.83. The van der Waals surface area contributed by atoms with E-state index in [1.807, 2.05) is 0 Å². The van der Waals surface area contributed by atoms with Crippen molar-refractivity contribution in [2.24, 2.45) is 40.9 Å². The zero-order chi connectivity index (χ0) is 8.79. The Morgan fingerprint density at radius 1 is 0.692 bits per heavy atom. The molecular weight excluding hydrogens is 156 g/mol. The monoisotopic (exact) mass is 176 g/mol. The molecular formula is C13H20. The van der Waals surface area contributed by atoms with Gasteiger partial charge < -0.3 is 0 Å². The summed E-state index contributed by atoms with van der Waals surface area (Å²) in [5.74, 6) is 6.89. The van der Waals surface area contributed by atoms with Crippen LogP contribution in [0.25, 0.3) is 0 Å². The minimum absolute atomic E-state index is 0.943. The van der Waals surface area contributed by atoms with Gasteiger partial charge in [-0.1, -0.05) is 13.8 Å². The van der Waals surface area contributed by atoms with Gasteiger partial charge in [0.15, 0.2) is 0 Å². The second-order valence-corrected chi connectivity index (χ2v) is 6.30. The van der Waals surface area contributed by atoms with Crippen LogP contribution in [0.5, 0.6) is 0 Å². The zero-order valence-electron chi connectivity index (χ0n) is 8.79. The van der Waals surface area contributed by atoms with Crippen LogP contribution in [0.4, 0.5) is 0 Å². The Morgan fingerprint density at radius 2 is 1.00 bits per heavy atom. The smallest absolute Gasteiger partial charge is 0.0174 e. The van der Waals surface area contributed by atoms with Crippen molar-refractivity contribution in [3.8, 4) is 0 Å². The fraction of sp³-hybridized carbons (Fsp3) is 1.00. The first-order valence-corrected chi connectivity index (χ1v) is 6.28. The van der Waals surface area contributed by atoms with E-state index in [4.69, 9.17) is 0 Å². The third kappa shape index (κ3) is 0.480.